The number of ether oxygens (including phenoxy) is 1. The van der Waals surface area contributed by atoms with Gasteiger partial charge in [-0.3, -0.25) is 0 Å². The summed E-state index contributed by atoms with van der Waals surface area (Å²) in [6.45, 7) is 2.15. The van der Waals surface area contributed by atoms with E-state index in [9.17, 15) is 14.7 Å². The summed E-state index contributed by atoms with van der Waals surface area (Å²) in [5, 5.41) is 19.1. The van der Waals surface area contributed by atoms with Gasteiger partial charge in [0.1, 0.15) is 6.61 Å². The molecule has 1 amide bonds. The Morgan fingerprint density at radius 2 is 2.05 bits per heavy atom. The maximum atomic E-state index is 12.1. The summed E-state index contributed by atoms with van der Waals surface area (Å²) in [6.07, 6.45) is 0.741. The maximum Gasteiger partial charge on any atom is 0.410 e. The fraction of sp³-hybridized carbons (Fsp3) is 0.500. The number of rotatable bonds is 4. The van der Waals surface area contributed by atoms with Gasteiger partial charge in [-0.2, -0.15) is 0 Å². The van der Waals surface area contributed by atoms with Crippen LogP contribution in [0.5, 0.6) is 0 Å². The Bertz CT molecular complexity index is 529. The highest BCUT2D eigenvalue weighted by molar-refractivity contribution is 5.77. The van der Waals surface area contributed by atoms with E-state index in [0.29, 0.717) is 19.4 Å². The molecule has 6 nitrogen and oxygen atoms in total. The summed E-state index contributed by atoms with van der Waals surface area (Å²) in [5.41, 5.74) is -0.944. The van der Waals surface area contributed by atoms with E-state index in [1.165, 1.54) is 11.8 Å². The molecule has 0 saturated carbocycles. The third-order valence-electron chi connectivity index (χ3n) is 4.11. The molecule has 0 aromatic heterocycles. The molecule has 2 atom stereocenters. The van der Waals surface area contributed by atoms with E-state index >= 15 is 0 Å². The Kier molecular flexibility index (Phi) is 5.03. The molecule has 0 bridgehead atoms. The number of carbonyl (C=O) groups excluding carboxylic acids is 1. The molecule has 1 aliphatic rings. The van der Waals surface area contributed by atoms with Gasteiger partial charge in [0, 0.05) is 19.0 Å². The lowest BCUT2D eigenvalue weighted by molar-refractivity contribution is -0.164. The molecule has 1 aromatic rings. The second-order valence-corrected chi connectivity index (χ2v) is 5.78. The van der Waals surface area contributed by atoms with Crippen LogP contribution < -0.4 is 0 Å². The first-order valence-corrected chi connectivity index (χ1v) is 7.32. The van der Waals surface area contributed by atoms with Gasteiger partial charge in [0.05, 0.1) is 0 Å². The molecule has 1 saturated heterocycles. The molecule has 0 spiro atoms. The Morgan fingerprint density at radius 3 is 2.68 bits per heavy atom. The predicted octanol–water partition coefficient (Wildman–Crippen LogP) is 1.87. The van der Waals surface area contributed by atoms with Gasteiger partial charge in [0.15, 0.2) is 5.60 Å². The van der Waals surface area contributed by atoms with Crippen molar-refractivity contribution < 1.29 is 24.5 Å². The van der Waals surface area contributed by atoms with E-state index < -0.39 is 23.6 Å². The van der Waals surface area contributed by atoms with Gasteiger partial charge in [0.25, 0.3) is 0 Å². The number of carbonyl (C=O) groups is 2. The Morgan fingerprint density at radius 1 is 1.36 bits per heavy atom. The molecule has 6 heteroatoms. The van der Waals surface area contributed by atoms with E-state index in [2.05, 4.69) is 0 Å². The number of nitrogens with zero attached hydrogens (tertiary/aromatic N) is 1. The molecular weight excluding hydrogens is 286 g/mol. The van der Waals surface area contributed by atoms with Gasteiger partial charge in [-0.25, -0.2) is 9.59 Å². The van der Waals surface area contributed by atoms with E-state index in [1.54, 1.807) is 0 Å². The largest absolute Gasteiger partial charge is 0.479 e. The van der Waals surface area contributed by atoms with E-state index in [4.69, 9.17) is 9.84 Å². The molecule has 2 N–H and O–H groups in total. The highest BCUT2D eigenvalue weighted by Crippen LogP contribution is 2.28. The SMILES string of the molecule is C[C@@](O)(C(=O)O)[C@H]1CCCN(C(=O)OCc2ccccc2)C1. The molecule has 2 rings (SSSR count). The smallest absolute Gasteiger partial charge is 0.410 e. The van der Waals surface area contributed by atoms with Crippen LogP contribution in [-0.4, -0.2) is 45.9 Å². The molecule has 1 heterocycles. The maximum absolute atomic E-state index is 12.1. The summed E-state index contributed by atoms with van der Waals surface area (Å²) in [4.78, 5) is 24.7. The van der Waals surface area contributed by atoms with Gasteiger partial charge in [0.2, 0.25) is 0 Å². The lowest BCUT2D eigenvalue weighted by atomic mass is 9.83. The Hall–Kier alpha value is -2.08. The Balaban J connectivity index is 1.91. The minimum absolute atomic E-state index is 0.177. The van der Waals surface area contributed by atoms with Crippen molar-refractivity contribution in [2.45, 2.75) is 32.0 Å². The topological polar surface area (TPSA) is 87.1 Å². The van der Waals surface area contributed by atoms with E-state index in [-0.39, 0.29) is 13.2 Å². The third-order valence-corrected chi connectivity index (χ3v) is 4.11. The number of carboxylic acid groups (broad SMARTS) is 1. The van der Waals surface area contributed by atoms with Crippen LogP contribution in [0.15, 0.2) is 30.3 Å². The number of hydrogen-bond acceptors (Lipinski definition) is 4. The van der Waals surface area contributed by atoms with E-state index in [0.717, 1.165) is 5.56 Å². The van der Waals surface area contributed by atoms with Crippen LogP contribution in [0.1, 0.15) is 25.3 Å². The first kappa shape index (κ1) is 16.3. The number of aliphatic hydroxyl groups is 1. The zero-order chi connectivity index (χ0) is 16.2. The van der Waals surface area contributed by atoms with Crippen LogP contribution in [0.3, 0.4) is 0 Å². The van der Waals surface area contributed by atoms with Crippen molar-refractivity contribution in [2.24, 2.45) is 5.92 Å². The van der Waals surface area contributed by atoms with Gasteiger partial charge in [-0.1, -0.05) is 30.3 Å². The van der Waals surface area contributed by atoms with Gasteiger partial charge >= 0.3 is 12.1 Å². The lowest BCUT2D eigenvalue weighted by Crippen LogP contribution is -2.51. The van der Waals surface area contributed by atoms with Crippen molar-refractivity contribution in [1.29, 1.82) is 0 Å². The summed E-state index contributed by atoms with van der Waals surface area (Å²) in [7, 11) is 0. The highest BCUT2D eigenvalue weighted by atomic mass is 16.6. The first-order valence-electron chi connectivity index (χ1n) is 7.32. The van der Waals surface area contributed by atoms with Crippen molar-refractivity contribution in [1.82, 2.24) is 4.90 Å². The van der Waals surface area contributed by atoms with Gasteiger partial charge in [-0.05, 0) is 25.3 Å². The summed E-state index contributed by atoms with van der Waals surface area (Å²) in [6, 6.07) is 9.34. The molecule has 22 heavy (non-hydrogen) atoms. The zero-order valence-electron chi connectivity index (χ0n) is 12.6. The van der Waals surface area contributed by atoms with Crippen LogP contribution in [0.25, 0.3) is 0 Å². The number of amides is 1. The number of hydrogen-bond donors (Lipinski definition) is 2. The fourth-order valence-corrected chi connectivity index (χ4v) is 2.59. The monoisotopic (exact) mass is 307 g/mol. The summed E-state index contributed by atoms with van der Waals surface area (Å²) < 4.78 is 5.25. The van der Waals surface area contributed by atoms with Crippen molar-refractivity contribution in [3.05, 3.63) is 35.9 Å². The number of carboxylic acids is 1. The molecule has 0 unspecified atom stereocenters. The van der Waals surface area contributed by atoms with Crippen molar-refractivity contribution in [2.75, 3.05) is 13.1 Å². The predicted molar refractivity (Wildman–Crippen MR) is 79.2 cm³/mol. The van der Waals surface area contributed by atoms with Crippen molar-refractivity contribution >= 4 is 12.1 Å². The van der Waals surface area contributed by atoms with Crippen LogP contribution >= 0.6 is 0 Å². The van der Waals surface area contributed by atoms with Crippen LogP contribution in [0.2, 0.25) is 0 Å². The van der Waals surface area contributed by atoms with E-state index in [1.807, 2.05) is 30.3 Å². The molecule has 120 valence electrons. The second-order valence-electron chi connectivity index (χ2n) is 5.78. The molecule has 1 fully saturated rings. The number of likely N-dealkylation sites (tertiary alicyclic amines) is 1. The molecule has 0 aliphatic carbocycles. The summed E-state index contributed by atoms with van der Waals surface area (Å²) in [5.74, 6) is -1.76. The lowest BCUT2D eigenvalue weighted by Gasteiger charge is -2.37. The van der Waals surface area contributed by atoms with Crippen LogP contribution in [0, 0.1) is 5.92 Å². The van der Waals surface area contributed by atoms with Crippen LogP contribution in [-0.2, 0) is 16.1 Å². The van der Waals surface area contributed by atoms with Gasteiger partial charge < -0.3 is 19.8 Å². The number of aliphatic carboxylic acids is 1. The van der Waals surface area contributed by atoms with Crippen molar-refractivity contribution in [3.8, 4) is 0 Å². The highest BCUT2D eigenvalue weighted by Gasteiger charge is 2.42. The van der Waals surface area contributed by atoms with Crippen molar-refractivity contribution in [3.63, 3.8) is 0 Å². The minimum Gasteiger partial charge on any atom is -0.479 e. The minimum atomic E-state index is -1.83. The Labute approximate surface area is 129 Å². The molecule has 1 aliphatic heterocycles. The third kappa shape index (κ3) is 3.76. The fourth-order valence-electron chi connectivity index (χ4n) is 2.59. The first-order chi connectivity index (χ1) is 10.4. The molecular formula is C16H21NO5. The number of benzene rings is 1. The zero-order valence-corrected chi connectivity index (χ0v) is 12.6. The molecule has 1 aromatic carbocycles. The quantitative estimate of drug-likeness (QED) is 0.886. The normalized spacial score (nSPS) is 21.0. The average Bonchev–Trinajstić information content (AvgIpc) is 2.53. The molecule has 0 radical (unpaired) electrons. The van der Waals surface area contributed by atoms with Crippen LogP contribution in [0.4, 0.5) is 4.79 Å². The second kappa shape index (κ2) is 6.79. The standard InChI is InChI=1S/C16H21NO5/c1-16(21,14(18)19)13-8-5-9-17(10-13)15(20)22-11-12-6-3-2-4-7-12/h2-4,6-7,13,21H,5,8-11H2,1H3,(H,18,19)/t13-,16-/m0/s1. The number of piperidine rings is 1. The summed E-state index contributed by atoms with van der Waals surface area (Å²) >= 11 is 0. The average molecular weight is 307 g/mol. The van der Waals surface area contributed by atoms with Gasteiger partial charge in [-0.15, -0.1) is 0 Å².